The number of aliphatic hydroxyl groups excluding tert-OH is 1. The van der Waals surface area contributed by atoms with Gasteiger partial charge in [-0.3, -0.25) is 14.4 Å². The Labute approximate surface area is 305 Å². The number of Topliss-reactive ketones (excluding diaryl/α,β-unsaturated/α-hetero) is 1. The third-order valence-corrected chi connectivity index (χ3v) is 15.7. The summed E-state index contributed by atoms with van der Waals surface area (Å²) in [6.07, 6.45) is 10.5. The number of aliphatic carboxylic acids is 1. The zero-order valence-corrected chi connectivity index (χ0v) is 32.6. The second kappa shape index (κ2) is 13.0. The highest BCUT2D eigenvalue weighted by molar-refractivity contribution is 6.00. The highest BCUT2D eigenvalue weighted by Gasteiger charge is 2.70. The van der Waals surface area contributed by atoms with E-state index in [-0.39, 0.29) is 51.8 Å². The van der Waals surface area contributed by atoms with Crippen LogP contribution in [0, 0.1) is 56.2 Å². The molecule has 282 valence electrons. The van der Waals surface area contributed by atoms with E-state index < -0.39 is 28.9 Å². The Morgan fingerprint density at radius 1 is 0.961 bits per heavy atom. The Kier molecular flexibility index (Phi) is 9.73. The number of ether oxygens (including phenoxy) is 1. The highest BCUT2D eigenvalue weighted by atomic mass is 16.5. The van der Waals surface area contributed by atoms with Crippen LogP contribution in [-0.2, 0) is 25.7 Å². The number of hydrogen-bond donors (Lipinski definition) is 3. The summed E-state index contributed by atoms with van der Waals surface area (Å²) in [4.78, 5) is 47.4. The van der Waals surface area contributed by atoms with Crippen LogP contribution < -0.4 is 5.32 Å². The number of fused-ring (bicyclic) bond motifs is 7. The van der Waals surface area contributed by atoms with Gasteiger partial charge in [0.25, 0.3) is 0 Å². The summed E-state index contributed by atoms with van der Waals surface area (Å²) in [6.45, 7) is 20.4. The molecule has 5 aliphatic rings. The van der Waals surface area contributed by atoms with Gasteiger partial charge in [0, 0.05) is 36.2 Å². The van der Waals surface area contributed by atoms with Gasteiger partial charge in [0.05, 0.1) is 24.5 Å². The Hall–Kier alpha value is -2.65. The van der Waals surface area contributed by atoms with Crippen molar-refractivity contribution in [3.63, 3.8) is 0 Å². The van der Waals surface area contributed by atoms with E-state index in [1.54, 1.807) is 32.3 Å². The fraction of sp³-hybridized carbons (Fsp3) is 0.786. The molecule has 9 nitrogen and oxygen atoms in total. The van der Waals surface area contributed by atoms with E-state index >= 15 is 0 Å². The Bertz CT molecular complexity index is 1570. The molecule has 0 spiro atoms. The van der Waals surface area contributed by atoms with Gasteiger partial charge < -0.3 is 20.3 Å². The molecule has 0 aliphatic heterocycles. The number of ketones is 1. The Balaban J connectivity index is 1.26. The molecule has 1 heterocycles. The molecule has 1 aromatic heterocycles. The van der Waals surface area contributed by atoms with Gasteiger partial charge in [-0.15, -0.1) is 0 Å². The number of hydrogen-bond acceptors (Lipinski definition) is 8. The van der Waals surface area contributed by atoms with E-state index in [0.717, 1.165) is 56.9 Å². The van der Waals surface area contributed by atoms with Crippen molar-refractivity contribution in [2.24, 2.45) is 56.2 Å². The minimum absolute atomic E-state index is 0.0195. The summed E-state index contributed by atoms with van der Waals surface area (Å²) >= 11 is 0. The zero-order valence-electron chi connectivity index (χ0n) is 32.6. The van der Waals surface area contributed by atoms with E-state index in [4.69, 9.17) is 4.74 Å². The number of carbonyl (C=O) groups is 3. The van der Waals surface area contributed by atoms with Gasteiger partial charge in [-0.25, -0.2) is 9.97 Å². The number of esters is 1. The average Bonchev–Trinajstić information content (AvgIpc) is 3.36. The van der Waals surface area contributed by atoms with E-state index in [1.165, 1.54) is 5.57 Å². The van der Waals surface area contributed by atoms with E-state index in [9.17, 15) is 24.6 Å². The zero-order chi connectivity index (χ0) is 37.4. The average molecular weight is 706 g/mol. The minimum atomic E-state index is -1.17. The van der Waals surface area contributed by atoms with Gasteiger partial charge in [-0.1, -0.05) is 54.0 Å². The number of carboxylic acids is 1. The predicted molar refractivity (Wildman–Crippen MR) is 195 cm³/mol. The van der Waals surface area contributed by atoms with Crippen molar-refractivity contribution < 1.29 is 29.3 Å². The largest absolute Gasteiger partial charge is 0.481 e. The lowest BCUT2D eigenvalue weighted by molar-refractivity contribution is -0.235. The van der Waals surface area contributed by atoms with Crippen molar-refractivity contribution in [2.75, 3.05) is 6.54 Å². The molecule has 9 heteroatoms. The molecule has 5 aliphatic carbocycles. The molecule has 4 fully saturated rings. The Morgan fingerprint density at radius 2 is 1.65 bits per heavy atom. The van der Waals surface area contributed by atoms with Crippen LogP contribution >= 0.6 is 0 Å². The molecule has 1 aromatic rings. The standard InChI is InChI=1S/C42H63N3O6/c1-25(2)34-27(46)21-42(30(47)23-43-24-32-44-19-10-20-45-32)18-17-40(8)26(35(34)42)11-12-29-39(7)15-14-31(51-33(48)22-37(3,4)36(49)50)38(5,6)28(39)13-16-41(29,40)9/h10,19-20,25-26,28-31,43,47H,11-18,21-24H2,1-9H3,(H,49,50). The molecule has 0 bridgehead atoms. The van der Waals surface area contributed by atoms with Crippen LogP contribution in [0.2, 0.25) is 0 Å². The van der Waals surface area contributed by atoms with Crippen molar-refractivity contribution in [2.45, 2.75) is 145 Å². The van der Waals surface area contributed by atoms with Gasteiger partial charge in [-0.05, 0) is 117 Å². The fourth-order valence-electron chi connectivity index (χ4n) is 12.8. The van der Waals surface area contributed by atoms with Crippen molar-refractivity contribution in [1.29, 1.82) is 0 Å². The first-order chi connectivity index (χ1) is 23.7. The first-order valence-corrected chi connectivity index (χ1v) is 19.6. The number of carbonyl (C=O) groups excluding carboxylic acids is 2. The third-order valence-electron chi connectivity index (χ3n) is 15.7. The maximum absolute atomic E-state index is 14.0. The van der Waals surface area contributed by atoms with Crippen LogP contribution in [0.1, 0.15) is 132 Å². The van der Waals surface area contributed by atoms with Gasteiger partial charge in [0.2, 0.25) is 0 Å². The van der Waals surface area contributed by atoms with Crippen molar-refractivity contribution in [3.8, 4) is 0 Å². The minimum Gasteiger partial charge on any atom is -0.481 e. The maximum Gasteiger partial charge on any atom is 0.309 e. The van der Waals surface area contributed by atoms with E-state index in [1.807, 2.05) is 0 Å². The third kappa shape index (κ3) is 5.91. The Morgan fingerprint density at radius 3 is 2.29 bits per heavy atom. The summed E-state index contributed by atoms with van der Waals surface area (Å²) < 4.78 is 6.16. The quantitative estimate of drug-likeness (QED) is 0.214. The van der Waals surface area contributed by atoms with Crippen molar-refractivity contribution in [1.82, 2.24) is 15.3 Å². The molecule has 6 rings (SSSR count). The van der Waals surface area contributed by atoms with Crippen LogP contribution in [0.4, 0.5) is 0 Å². The molecule has 0 aromatic carbocycles. The molecule has 4 saturated carbocycles. The number of aliphatic hydroxyl groups is 1. The monoisotopic (exact) mass is 705 g/mol. The van der Waals surface area contributed by atoms with Crippen LogP contribution in [0.3, 0.4) is 0 Å². The summed E-state index contributed by atoms with van der Waals surface area (Å²) in [5.74, 6) is 0.691. The molecule has 0 amide bonds. The summed E-state index contributed by atoms with van der Waals surface area (Å²) in [6, 6.07) is 1.80. The van der Waals surface area contributed by atoms with E-state index in [0.29, 0.717) is 37.2 Å². The summed E-state index contributed by atoms with van der Waals surface area (Å²) in [7, 11) is 0. The second-order valence-corrected chi connectivity index (χ2v) is 19.4. The van der Waals surface area contributed by atoms with Crippen LogP contribution in [0.5, 0.6) is 0 Å². The lowest BCUT2D eigenvalue weighted by Crippen LogP contribution is -2.66. The number of nitrogens with one attached hydrogen (secondary N) is 1. The first-order valence-electron chi connectivity index (χ1n) is 19.6. The van der Waals surface area contributed by atoms with Gasteiger partial charge in [0.15, 0.2) is 5.78 Å². The number of nitrogens with zero attached hydrogens (tertiary/aromatic N) is 2. The van der Waals surface area contributed by atoms with Crippen molar-refractivity contribution >= 4 is 17.7 Å². The number of rotatable bonds is 10. The molecule has 9 unspecified atom stereocenters. The fourth-order valence-corrected chi connectivity index (χ4v) is 12.8. The molecule has 9 atom stereocenters. The lowest BCUT2D eigenvalue weighted by atomic mass is 9.33. The molecule has 51 heavy (non-hydrogen) atoms. The number of allylic oxidation sites excluding steroid dienone is 1. The van der Waals surface area contributed by atoms with Crippen LogP contribution in [-0.4, -0.2) is 56.7 Å². The predicted octanol–water partition coefficient (Wildman–Crippen LogP) is 7.32. The summed E-state index contributed by atoms with van der Waals surface area (Å²) in [5.41, 5.74) is 0.384. The number of aromatic nitrogens is 2. The normalized spacial score (nSPS) is 38.0. The van der Waals surface area contributed by atoms with E-state index in [2.05, 4.69) is 63.8 Å². The highest BCUT2D eigenvalue weighted by Crippen LogP contribution is 2.77. The van der Waals surface area contributed by atoms with Crippen molar-refractivity contribution in [3.05, 3.63) is 35.4 Å². The first kappa shape index (κ1) is 38.1. The smallest absolute Gasteiger partial charge is 0.309 e. The van der Waals surface area contributed by atoms with Gasteiger partial charge >= 0.3 is 11.9 Å². The number of carboxylic acid groups (broad SMARTS) is 1. The molecular weight excluding hydrogens is 642 g/mol. The second-order valence-electron chi connectivity index (χ2n) is 19.4. The van der Waals surface area contributed by atoms with Crippen LogP contribution in [0.25, 0.3) is 0 Å². The topological polar surface area (TPSA) is 139 Å². The van der Waals surface area contributed by atoms with Gasteiger partial charge in [0.1, 0.15) is 11.9 Å². The van der Waals surface area contributed by atoms with Gasteiger partial charge in [-0.2, -0.15) is 0 Å². The lowest BCUT2D eigenvalue weighted by Gasteiger charge is -2.72. The molecular formula is C42H63N3O6. The molecule has 0 radical (unpaired) electrons. The molecule has 3 N–H and O–H groups in total. The van der Waals surface area contributed by atoms with Crippen LogP contribution in [0.15, 0.2) is 29.6 Å². The molecule has 0 saturated heterocycles. The maximum atomic E-state index is 14.0. The SMILES string of the molecule is CC(C)C1=C2C3CCC4C5(C)CCC(OC(=O)CC(C)(C)C(=O)O)C(C)(C)C5CCC4(C)C3(C)CCC2(C(O)CNCc2ncccn2)CC1=O. The summed E-state index contributed by atoms with van der Waals surface area (Å²) in [5, 5.41) is 25.1.